The molecule has 49 heavy (non-hydrogen) atoms. The van der Waals surface area contributed by atoms with Gasteiger partial charge in [-0.25, -0.2) is 9.37 Å². The molecule has 2 heterocycles. The molecule has 0 unspecified atom stereocenters. The minimum absolute atomic E-state index is 0.0114. The second kappa shape index (κ2) is 16.6. The summed E-state index contributed by atoms with van der Waals surface area (Å²) in [5.74, 6) is -8.29. The molecule has 2 atom stereocenters. The maximum Gasteiger partial charge on any atom is 0.351 e. The van der Waals surface area contributed by atoms with Gasteiger partial charge in [-0.2, -0.15) is 8.78 Å². The topological polar surface area (TPSA) is 133 Å². The number of nitrogens with zero attached hydrogens (tertiary/aromatic N) is 3. The minimum atomic E-state index is -4.09. The number of methoxy groups -OCH3 is 1. The zero-order chi connectivity index (χ0) is 35.7. The SMILES string of the molecule is CCC(=O)N[C@H](Cc1ccc(NC(=O)[C@H](Cc2ccccc2Cl)NC(=O)C(F)(F)c2ccc(OC)nc2)c(F)c1)C(=O)N1CCN(C)CC1. The molecule has 0 saturated carbocycles. The Labute approximate surface area is 287 Å². The summed E-state index contributed by atoms with van der Waals surface area (Å²) in [5.41, 5.74) is -0.283. The van der Waals surface area contributed by atoms with Crippen molar-refractivity contribution >= 4 is 40.9 Å². The number of piperazine rings is 1. The van der Waals surface area contributed by atoms with Gasteiger partial charge in [0, 0.05) is 68.3 Å². The van der Waals surface area contributed by atoms with E-state index < -0.39 is 41.2 Å². The van der Waals surface area contributed by atoms with E-state index >= 15 is 13.2 Å². The van der Waals surface area contributed by atoms with E-state index in [0.29, 0.717) is 37.3 Å². The number of nitrogens with one attached hydrogen (secondary N) is 3. The number of aromatic nitrogens is 1. The van der Waals surface area contributed by atoms with Gasteiger partial charge in [0.2, 0.25) is 23.6 Å². The third-order valence-electron chi connectivity index (χ3n) is 8.10. The Morgan fingerprint density at radius 3 is 2.31 bits per heavy atom. The van der Waals surface area contributed by atoms with Crippen LogP contribution in [0, 0.1) is 5.82 Å². The van der Waals surface area contributed by atoms with E-state index in [9.17, 15) is 19.2 Å². The average molecular weight is 703 g/mol. The van der Waals surface area contributed by atoms with Gasteiger partial charge in [0.25, 0.3) is 5.91 Å². The van der Waals surface area contributed by atoms with Crippen LogP contribution >= 0.6 is 11.6 Å². The molecule has 0 spiro atoms. The van der Waals surface area contributed by atoms with Crippen molar-refractivity contribution in [3.05, 3.63) is 88.3 Å². The van der Waals surface area contributed by atoms with Crippen molar-refractivity contribution in [2.75, 3.05) is 45.7 Å². The molecule has 1 aliphatic rings. The van der Waals surface area contributed by atoms with Crippen molar-refractivity contribution < 1.29 is 37.1 Å². The van der Waals surface area contributed by atoms with Crippen molar-refractivity contribution in [1.82, 2.24) is 25.4 Å². The van der Waals surface area contributed by atoms with Crippen molar-refractivity contribution in [3.8, 4) is 5.88 Å². The van der Waals surface area contributed by atoms with Gasteiger partial charge < -0.3 is 30.5 Å². The zero-order valence-corrected chi connectivity index (χ0v) is 28.0. The summed E-state index contributed by atoms with van der Waals surface area (Å²) in [6.07, 6.45) is 0.639. The molecule has 0 radical (unpaired) electrons. The molecule has 1 aliphatic heterocycles. The number of halogens is 4. The molecule has 2 aromatic carbocycles. The maximum absolute atomic E-state index is 15.4. The van der Waals surface area contributed by atoms with Crippen molar-refractivity contribution in [2.45, 2.75) is 44.2 Å². The number of likely N-dealkylation sites (N-methyl/N-ethyl adjacent to an activating group) is 1. The molecule has 3 N–H and O–H groups in total. The van der Waals surface area contributed by atoms with Gasteiger partial charge in [0.1, 0.15) is 17.9 Å². The van der Waals surface area contributed by atoms with Crippen LogP contribution in [0.15, 0.2) is 60.8 Å². The minimum Gasteiger partial charge on any atom is -0.481 e. The smallest absolute Gasteiger partial charge is 0.351 e. The van der Waals surface area contributed by atoms with Gasteiger partial charge >= 0.3 is 5.92 Å². The average Bonchev–Trinajstić information content (AvgIpc) is 3.09. The number of carbonyl (C=O) groups excluding carboxylic acids is 4. The monoisotopic (exact) mass is 702 g/mol. The van der Waals surface area contributed by atoms with Gasteiger partial charge in [-0.3, -0.25) is 19.2 Å². The highest BCUT2D eigenvalue weighted by molar-refractivity contribution is 6.31. The quantitative estimate of drug-likeness (QED) is 0.248. The summed E-state index contributed by atoms with van der Waals surface area (Å²) < 4.78 is 50.7. The van der Waals surface area contributed by atoms with Crippen LogP contribution in [0.3, 0.4) is 0 Å². The summed E-state index contributed by atoms with van der Waals surface area (Å²) >= 11 is 6.26. The van der Waals surface area contributed by atoms with Gasteiger partial charge in [-0.05, 0) is 42.4 Å². The lowest BCUT2D eigenvalue weighted by Gasteiger charge is -2.34. The highest BCUT2D eigenvalue weighted by Gasteiger charge is 2.43. The lowest BCUT2D eigenvalue weighted by molar-refractivity contribution is -0.148. The van der Waals surface area contributed by atoms with E-state index in [-0.39, 0.29) is 47.7 Å². The highest BCUT2D eigenvalue weighted by atomic mass is 35.5. The normalized spacial score (nSPS) is 14.8. The first-order chi connectivity index (χ1) is 23.3. The standard InChI is InChI=1S/C34H38ClF3N6O5/c1-4-29(45)40-28(32(47)44-15-13-43(2)14-16-44)18-21-9-11-26(25(36)17-21)41-31(46)27(19-22-7-5-6-8-24(22)35)42-33(48)34(37,38)23-10-12-30(49-3)39-20-23/h5-12,17,20,27-28H,4,13-16,18-19H2,1-3H3,(H,40,45)(H,41,46)(H,42,48)/t27-,28+/m0/s1. The van der Waals surface area contributed by atoms with Crippen LogP contribution in [-0.2, 0) is 37.9 Å². The fraction of sp³-hybridized carbons (Fsp3) is 0.382. The molecule has 0 aliphatic carbocycles. The van der Waals surface area contributed by atoms with Gasteiger partial charge in [0.15, 0.2) is 0 Å². The van der Waals surface area contributed by atoms with E-state index in [1.807, 2.05) is 7.05 Å². The first kappa shape index (κ1) is 37.1. The molecule has 11 nitrogen and oxygen atoms in total. The van der Waals surface area contributed by atoms with Gasteiger partial charge in [-0.15, -0.1) is 0 Å². The Kier molecular flexibility index (Phi) is 12.6. The van der Waals surface area contributed by atoms with Crippen LogP contribution in [0.4, 0.5) is 18.9 Å². The third-order valence-corrected chi connectivity index (χ3v) is 8.47. The van der Waals surface area contributed by atoms with Gasteiger partial charge in [-0.1, -0.05) is 42.8 Å². The number of amides is 4. The van der Waals surface area contributed by atoms with Crippen LogP contribution in [0.1, 0.15) is 30.0 Å². The summed E-state index contributed by atoms with van der Waals surface area (Å²) in [6, 6.07) is 9.82. The van der Waals surface area contributed by atoms with E-state index in [1.165, 1.54) is 31.4 Å². The Morgan fingerprint density at radius 2 is 1.69 bits per heavy atom. The number of rotatable bonds is 13. The second-order valence-electron chi connectivity index (χ2n) is 11.6. The molecule has 4 amide bonds. The number of benzene rings is 2. The van der Waals surface area contributed by atoms with E-state index in [2.05, 4.69) is 25.8 Å². The summed E-state index contributed by atoms with van der Waals surface area (Å²) in [7, 11) is 3.26. The van der Waals surface area contributed by atoms with Crippen molar-refractivity contribution in [3.63, 3.8) is 0 Å². The largest absolute Gasteiger partial charge is 0.481 e. The summed E-state index contributed by atoms with van der Waals surface area (Å²) in [5, 5.41) is 7.40. The van der Waals surface area contributed by atoms with E-state index in [4.69, 9.17) is 16.3 Å². The second-order valence-corrected chi connectivity index (χ2v) is 12.0. The number of hydrogen-bond donors (Lipinski definition) is 3. The number of carbonyl (C=O) groups is 4. The summed E-state index contributed by atoms with van der Waals surface area (Å²) in [4.78, 5) is 59.4. The Morgan fingerprint density at radius 1 is 0.980 bits per heavy atom. The first-order valence-electron chi connectivity index (χ1n) is 15.6. The maximum atomic E-state index is 15.4. The highest BCUT2D eigenvalue weighted by Crippen LogP contribution is 2.29. The molecule has 3 aromatic rings. The molecular formula is C34H38ClF3N6O5. The number of anilines is 1. The molecule has 1 fully saturated rings. The fourth-order valence-electron chi connectivity index (χ4n) is 5.15. The Bertz CT molecular complexity index is 1650. The van der Waals surface area contributed by atoms with Crippen molar-refractivity contribution in [2.24, 2.45) is 0 Å². The number of alkyl halides is 2. The fourth-order valence-corrected chi connectivity index (χ4v) is 5.36. The van der Waals surface area contributed by atoms with E-state index in [0.717, 1.165) is 18.3 Å². The molecular weight excluding hydrogens is 665 g/mol. The van der Waals surface area contributed by atoms with Crippen LogP contribution in [0.2, 0.25) is 5.02 Å². The Balaban J connectivity index is 1.52. The molecule has 1 saturated heterocycles. The van der Waals surface area contributed by atoms with Crippen molar-refractivity contribution in [1.29, 1.82) is 0 Å². The molecule has 4 rings (SSSR count). The first-order valence-corrected chi connectivity index (χ1v) is 16.0. The van der Waals surface area contributed by atoms with Gasteiger partial charge in [0.05, 0.1) is 12.8 Å². The summed E-state index contributed by atoms with van der Waals surface area (Å²) in [6.45, 7) is 3.99. The number of hydrogen-bond acceptors (Lipinski definition) is 7. The van der Waals surface area contributed by atoms with Crippen LogP contribution in [-0.4, -0.2) is 90.8 Å². The van der Waals surface area contributed by atoms with Crippen LogP contribution < -0.4 is 20.7 Å². The number of pyridine rings is 1. The predicted molar refractivity (Wildman–Crippen MR) is 177 cm³/mol. The molecule has 0 bridgehead atoms. The van der Waals surface area contributed by atoms with Crippen LogP contribution in [0.25, 0.3) is 0 Å². The molecule has 262 valence electrons. The molecule has 1 aromatic heterocycles. The third kappa shape index (κ3) is 9.70. The lowest BCUT2D eigenvalue weighted by Crippen LogP contribution is -2.54. The lowest BCUT2D eigenvalue weighted by atomic mass is 10.0. The molecule has 15 heteroatoms. The van der Waals surface area contributed by atoms with Crippen LogP contribution in [0.5, 0.6) is 5.88 Å². The predicted octanol–water partition coefficient (Wildman–Crippen LogP) is 3.55. The zero-order valence-electron chi connectivity index (χ0n) is 27.3. The Hall–Kier alpha value is -4.69. The number of ether oxygens (including phenoxy) is 1. The van der Waals surface area contributed by atoms with E-state index in [1.54, 1.807) is 30.0 Å².